The summed E-state index contributed by atoms with van der Waals surface area (Å²) >= 11 is 0. The van der Waals surface area contributed by atoms with Gasteiger partial charge in [-0.15, -0.1) is 0 Å². The Labute approximate surface area is 187 Å². The molecule has 3 N–H and O–H groups in total. The van der Waals surface area contributed by atoms with E-state index in [1.807, 2.05) is 24.3 Å². The fourth-order valence-electron chi connectivity index (χ4n) is 3.50. The minimum Gasteiger partial charge on any atom is -0.437 e. The van der Waals surface area contributed by atoms with Crippen molar-refractivity contribution in [3.05, 3.63) is 78.1 Å². The molecule has 0 aliphatic heterocycles. The summed E-state index contributed by atoms with van der Waals surface area (Å²) in [5.41, 5.74) is 2.91. The number of hydrogen-bond donors (Lipinski definition) is 3. The Balaban J connectivity index is 1.19. The Kier molecular flexibility index (Phi) is 5.90. The Morgan fingerprint density at radius 2 is 1.94 bits per heavy atom. The van der Waals surface area contributed by atoms with Crippen LogP contribution in [-0.4, -0.2) is 38.0 Å². The third kappa shape index (κ3) is 4.65. The van der Waals surface area contributed by atoms with Gasteiger partial charge in [-0.3, -0.25) is 4.98 Å². The van der Waals surface area contributed by atoms with E-state index >= 15 is 0 Å². The van der Waals surface area contributed by atoms with Gasteiger partial charge in [-0.1, -0.05) is 12.1 Å². The molecule has 4 heterocycles. The smallest absolute Gasteiger partial charge is 0.231 e. The van der Waals surface area contributed by atoms with Crippen LogP contribution in [0.25, 0.3) is 22.1 Å². The molecule has 0 aliphatic rings. The van der Waals surface area contributed by atoms with Crippen molar-refractivity contribution in [1.82, 2.24) is 30.2 Å². The second-order valence-electron chi connectivity index (χ2n) is 7.47. The van der Waals surface area contributed by atoms with Gasteiger partial charge in [-0.2, -0.15) is 0 Å². The van der Waals surface area contributed by atoms with E-state index in [2.05, 4.69) is 35.6 Å². The van der Waals surface area contributed by atoms with E-state index in [0.717, 1.165) is 16.9 Å². The van der Waals surface area contributed by atoms with E-state index in [1.165, 1.54) is 24.5 Å². The number of rotatable bonds is 9. The highest BCUT2D eigenvalue weighted by molar-refractivity contribution is 5.84. The predicted octanol–water partition coefficient (Wildman–Crippen LogP) is 4.09. The lowest BCUT2D eigenvalue weighted by atomic mass is 10.3. The molecule has 0 fully saturated rings. The van der Waals surface area contributed by atoms with Crippen molar-refractivity contribution in [3.63, 3.8) is 0 Å². The van der Waals surface area contributed by atoms with Gasteiger partial charge in [0.1, 0.15) is 11.6 Å². The first-order valence-electron chi connectivity index (χ1n) is 10.5. The normalized spacial score (nSPS) is 12.4. The number of alkyl halides is 1. The Hall–Kier alpha value is -3.92. The summed E-state index contributed by atoms with van der Waals surface area (Å²) in [7, 11) is 0. The van der Waals surface area contributed by atoms with Gasteiger partial charge in [0.05, 0.1) is 23.3 Å². The Bertz CT molecular complexity index is 1350. The molecule has 5 rings (SSSR count). The molecule has 4 aromatic heterocycles. The zero-order valence-electron chi connectivity index (χ0n) is 17.6. The van der Waals surface area contributed by atoms with Gasteiger partial charge in [0, 0.05) is 38.0 Å². The highest BCUT2D eigenvalue weighted by Crippen LogP contribution is 2.26. The number of hydrogen-bond acceptors (Lipinski definition) is 7. The summed E-state index contributed by atoms with van der Waals surface area (Å²) in [4.78, 5) is 20.2. The molecule has 1 aromatic carbocycles. The van der Waals surface area contributed by atoms with E-state index in [9.17, 15) is 8.78 Å². The maximum Gasteiger partial charge on any atom is 0.231 e. The highest BCUT2D eigenvalue weighted by atomic mass is 19.1. The topological polar surface area (TPSA) is 105 Å². The van der Waals surface area contributed by atoms with Gasteiger partial charge < -0.3 is 20.0 Å². The minimum atomic E-state index is -1.44. The zero-order valence-corrected chi connectivity index (χ0v) is 17.6. The molecule has 0 aliphatic carbocycles. The Morgan fingerprint density at radius 1 is 1.03 bits per heavy atom. The highest BCUT2D eigenvalue weighted by Gasteiger charge is 2.19. The number of oxazole rings is 1. The van der Waals surface area contributed by atoms with Gasteiger partial charge in [0.15, 0.2) is 23.1 Å². The van der Waals surface area contributed by atoms with Crippen LogP contribution in [0.15, 0.2) is 59.3 Å². The molecule has 0 saturated heterocycles. The molecule has 8 nitrogen and oxygen atoms in total. The number of imidazole rings is 1. The molecule has 0 radical (unpaired) electrons. The van der Waals surface area contributed by atoms with E-state index in [4.69, 9.17) is 4.42 Å². The summed E-state index contributed by atoms with van der Waals surface area (Å²) < 4.78 is 34.2. The van der Waals surface area contributed by atoms with Crippen molar-refractivity contribution in [1.29, 1.82) is 0 Å². The number of benzene rings is 1. The number of nitrogens with one attached hydrogen (secondary N) is 3. The van der Waals surface area contributed by atoms with Crippen LogP contribution < -0.4 is 10.6 Å². The first-order valence-corrected chi connectivity index (χ1v) is 10.5. The maximum atomic E-state index is 14.8. The molecular formula is C23H21F2N7O. The van der Waals surface area contributed by atoms with Crippen molar-refractivity contribution in [2.75, 3.05) is 18.4 Å². The van der Waals surface area contributed by atoms with Crippen LogP contribution in [-0.2, 0) is 13.0 Å². The maximum absolute atomic E-state index is 14.8. The van der Waals surface area contributed by atoms with Gasteiger partial charge in [-0.05, 0) is 24.3 Å². The van der Waals surface area contributed by atoms with Gasteiger partial charge in [0.2, 0.25) is 5.89 Å². The van der Waals surface area contributed by atoms with Crippen molar-refractivity contribution in [3.8, 4) is 0 Å². The standard InChI is InChI=1S/C23H21F2N7O/c24-14-4-3-9-27-18(14)13-29-22-21-19(7-11-28-22)33-23(32-21)15(25)12-26-10-8-20-30-16-5-1-2-6-17(16)31-20/h1-7,9,11,15,26H,8,10,12-13H2,(H,28,29)(H,30,31)/t15-/m0/s1. The molecular weight excluding hydrogens is 428 g/mol. The summed E-state index contributed by atoms with van der Waals surface area (Å²) in [6.45, 7) is 0.705. The lowest BCUT2D eigenvalue weighted by Crippen LogP contribution is -2.22. The third-order valence-corrected chi connectivity index (χ3v) is 5.15. The molecule has 0 bridgehead atoms. The number of aromatic amines is 1. The summed E-state index contributed by atoms with van der Waals surface area (Å²) in [5.74, 6) is 0.751. The van der Waals surface area contributed by atoms with Gasteiger partial charge in [0.25, 0.3) is 0 Å². The lowest BCUT2D eigenvalue weighted by molar-refractivity contribution is 0.273. The van der Waals surface area contributed by atoms with Crippen molar-refractivity contribution < 1.29 is 13.2 Å². The first-order chi connectivity index (χ1) is 16.2. The number of aromatic nitrogens is 5. The molecule has 0 amide bonds. The summed E-state index contributed by atoms with van der Waals surface area (Å²) in [5, 5.41) is 6.07. The second kappa shape index (κ2) is 9.29. The SMILES string of the molecule is Fc1cccnc1CNc1nccc2oc([C@@H](F)CNCCc3nc4ccccc4[nH]3)nc12. The minimum absolute atomic E-state index is 0.0405. The van der Waals surface area contributed by atoms with Crippen LogP contribution in [0.5, 0.6) is 0 Å². The van der Waals surface area contributed by atoms with Crippen molar-refractivity contribution >= 4 is 28.0 Å². The summed E-state index contributed by atoms with van der Waals surface area (Å²) in [6.07, 6.45) is 2.23. The van der Waals surface area contributed by atoms with Crippen LogP contribution in [0.1, 0.15) is 23.6 Å². The van der Waals surface area contributed by atoms with Crippen molar-refractivity contribution in [2.45, 2.75) is 19.1 Å². The van der Waals surface area contributed by atoms with Crippen LogP contribution in [0.2, 0.25) is 0 Å². The second-order valence-corrected chi connectivity index (χ2v) is 7.47. The van der Waals surface area contributed by atoms with E-state index < -0.39 is 12.0 Å². The fraction of sp³-hybridized carbons (Fsp3) is 0.217. The number of halogens is 2. The molecule has 1 atom stereocenters. The van der Waals surface area contributed by atoms with E-state index in [0.29, 0.717) is 29.9 Å². The quantitative estimate of drug-likeness (QED) is 0.291. The molecule has 0 spiro atoms. The number of anilines is 1. The zero-order chi connectivity index (χ0) is 22.6. The van der Waals surface area contributed by atoms with Crippen LogP contribution in [0.4, 0.5) is 14.6 Å². The van der Waals surface area contributed by atoms with Crippen LogP contribution >= 0.6 is 0 Å². The molecule has 10 heteroatoms. The number of fused-ring (bicyclic) bond motifs is 2. The van der Waals surface area contributed by atoms with Gasteiger partial charge >= 0.3 is 0 Å². The van der Waals surface area contributed by atoms with E-state index in [1.54, 1.807) is 6.07 Å². The first kappa shape index (κ1) is 21.0. The number of nitrogens with zero attached hydrogens (tertiary/aromatic N) is 4. The molecule has 5 aromatic rings. The average Bonchev–Trinajstić information content (AvgIpc) is 3.45. The molecule has 168 valence electrons. The third-order valence-electron chi connectivity index (χ3n) is 5.15. The number of pyridine rings is 2. The van der Waals surface area contributed by atoms with Crippen molar-refractivity contribution in [2.24, 2.45) is 0 Å². The van der Waals surface area contributed by atoms with Gasteiger partial charge in [-0.25, -0.2) is 23.7 Å². The number of para-hydroxylation sites is 2. The predicted molar refractivity (Wildman–Crippen MR) is 120 cm³/mol. The lowest BCUT2D eigenvalue weighted by Gasteiger charge is -2.06. The number of H-pyrrole nitrogens is 1. The Morgan fingerprint density at radius 3 is 2.82 bits per heavy atom. The molecule has 0 saturated carbocycles. The van der Waals surface area contributed by atoms with Crippen LogP contribution in [0.3, 0.4) is 0 Å². The van der Waals surface area contributed by atoms with Crippen LogP contribution in [0, 0.1) is 5.82 Å². The largest absolute Gasteiger partial charge is 0.437 e. The fourth-order valence-corrected chi connectivity index (χ4v) is 3.50. The monoisotopic (exact) mass is 449 g/mol. The summed E-state index contributed by atoms with van der Waals surface area (Å²) in [6, 6.07) is 12.3. The molecule has 33 heavy (non-hydrogen) atoms. The van der Waals surface area contributed by atoms with E-state index in [-0.39, 0.29) is 24.7 Å². The molecule has 0 unspecified atom stereocenters. The average molecular weight is 449 g/mol.